The molecule has 6 bridgehead atoms. The van der Waals surface area contributed by atoms with Crippen LogP contribution in [-0.2, 0) is 14.3 Å². The number of aliphatic carboxylic acids is 1. The highest BCUT2D eigenvalue weighted by atomic mass is 16.6. The van der Waals surface area contributed by atoms with E-state index in [2.05, 4.69) is 6.58 Å². The number of hydrogen-bond acceptors (Lipinski definition) is 4. The molecule has 2 spiro atoms. The maximum Gasteiger partial charge on any atom is 0.312 e. The quantitative estimate of drug-likeness (QED) is 0.565. The Morgan fingerprint density at radius 1 is 1.33 bits per heavy atom. The van der Waals surface area contributed by atoms with Crippen molar-refractivity contribution in [3.63, 3.8) is 0 Å². The number of ether oxygens (including phenoxy) is 1. The van der Waals surface area contributed by atoms with Crippen LogP contribution in [0.3, 0.4) is 0 Å². The number of carboxylic acids is 1. The standard InChI is InChI=1S/C19H22O5/c1-8-9-3-6-18-12(8)17(18,7-9)11(14(21)22)13-16(2)5-4-10(20)19(13,18)24-15(16)23/h9-13,20H,1,3-7H2,2H3,(H,21,22)/t9-,10-,11-,12-,13-,16-,17?,18?,19+/m1/s1. The van der Waals surface area contributed by atoms with Crippen molar-refractivity contribution in [1.29, 1.82) is 0 Å². The number of carboxylic acid groups (broad SMARTS) is 1. The van der Waals surface area contributed by atoms with E-state index in [0.717, 1.165) is 24.8 Å². The van der Waals surface area contributed by atoms with Crippen LogP contribution in [0.2, 0.25) is 0 Å². The van der Waals surface area contributed by atoms with Crippen LogP contribution in [0.5, 0.6) is 0 Å². The van der Waals surface area contributed by atoms with Crippen molar-refractivity contribution >= 4 is 11.9 Å². The van der Waals surface area contributed by atoms with E-state index >= 15 is 0 Å². The van der Waals surface area contributed by atoms with Gasteiger partial charge in [0.1, 0.15) is 5.60 Å². The van der Waals surface area contributed by atoms with Crippen molar-refractivity contribution in [2.75, 3.05) is 0 Å². The largest absolute Gasteiger partial charge is 0.481 e. The Balaban J connectivity index is 1.68. The first-order valence-electron chi connectivity index (χ1n) is 9.12. The molecule has 1 heterocycles. The third-order valence-corrected chi connectivity index (χ3v) is 9.28. The van der Waals surface area contributed by atoms with E-state index in [9.17, 15) is 19.8 Å². The predicted molar refractivity (Wildman–Crippen MR) is 81.6 cm³/mol. The minimum Gasteiger partial charge on any atom is -0.481 e. The molecule has 7 rings (SSSR count). The fourth-order valence-corrected chi connectivity index (χ4v) is 8.84. The Hall–Kier alpha value is -1.36. The van der Waals surface area contributed by atoms with Crippen LogP contribution in [0.4, 0.5) is 0 Å². The number of fused-ring (bicyclic) bond motifs is 1. The number of esters is 1. The van der Waals surface area contributed by atoms with Gasteiger partial charge in [-0.15, -0.1) is 0 Å². The summed E-state index contributed by atoms with van der Waals surface area (Å²) in [7, 11) is 0. The number of allylic oxidation sites excluding steroid dienone is 1. The lowest BCUT2D eigenvalue weighted by atomic mass is 9.54. The topological polar surface area (TPSA) is 83.8 Å². The number of carbonyl (C=O) groups excluding carboxylic acids is 1. The predicted octanol–water partition coefficient (Wildman–Crippen LogP) is 1.75. The maximum absolute atomic E-state index is 12.8. The molecule has 24 heavy (non-hydrogen) atoms. The molecule has 5 heteroatoms. The van der Waals surface area contributed by atoms with Crippen LogP contribution in [-0.4, -0.2) is 33.9 Å². The van der Waals surface area contributed by atoms with E-state index in [1.54, 1.807) is 0 Å². The molecular formula is C19H22O5. The van der Waals surface area contributed by atoms with Crippen molar-refractivity contribution in [3.05, 3.63) is 12.2 Å². The fourth-order valence-electron chi connectivity index (χ4n) is 8.84. The summed E-state index contributed by atoms with van der Waals surface area (Å²) in [6, 6.07) is 0. The highest BCUT2D eigenvalue weighted by Crippen LogP contribution is 2.98. The molecule has 1 saturated heterocycles. The summed E-state index contributed by atoms with van der Waals surface area (Å²) in [5.74, 6) is -1.59. The first-order chi connectivity index (χ1) is 11.3. The summed E-state index contributed by atoms with van der Waals surface area (Å²) in [4.78, 5) is 25.2. The summed E-state index contributed by atoms with van der Waals surface area (Å²) in [5, 5.41) is 21.2. The molecule has 5 nitrogen and oxygen atoms in total. The first-order valence-corrected chi connectivity index (χ1v) is 9.12. The van der Waals surface area contributed by atoms with Crippen molar-refractivity contribution in [2.45, 2.75) is 50.7 Å². The average molecular weight is 330 g/mol. The monoisotopic (exact) mass is 330 g/mol. The molecule has 0 radical (unpaired) electrons. The molecular weight excluding hydrogens is 308 g/mol. The maximum atomic E-state index is 12.8. The minimum absolute atomic E-state index is 0.115. The third kappa shape index (κ3) is 0.889. The summed E-state index contributed by atoms with van der Waals surface area (Å²) < 4.78 is 6.05. The van der Waals surface area contributed by atoms with E-state index in [4.69, 9.17) is 4.74 Å². The molecule has 7 fully saturated rings. The van der Waals surface area contributed by atoms with Gasteiger partial charge in [0.05, 0.1) is 17.4 Å². The Morgan fingerprint density at radius 3 is 2.79 bits per heavy atom. The Bertz CT molecular complexity index is 759. The molecule has 128 valence electrons. The van der Waals surface area contributed by atoms with Crippen LogP contribution >= 0.6 is 0 Å². The lowest BCUT2D eigenvalue weighted by molar-refractivity contribution is -0.183. The van der Waals surface area contributed by atoms with Gasteiger partial charge in [-0.2, -0.15) is 0 Å². The van der Waals surface area contributed by atoms with Crippen LogP contribution in [0.15, 0.2) is 12.2 Å². The van der Waals surface area contributed by atoms with Gasteiger partial charge in [-0.3, -0.25) is 9.59 Å². The molecule has 2 unspecified atom stereocenters. The van der Waals surface area contributed by atoms with Gasteiger partial charge in [0, 0.05) is 16.7 Å². The Morgan fingerprint density at radius 2 is 2.08 bits per heavy atom. The van der Waals surface area contributed by atoms with Crippen molar-refractivity contribution in [2.24, 2.45) is 39.9 Å². The van der Waals surface area contributed by atoms with E-state index in [1.165, 1.54) is 0 Å². The summed E-state index contributed by atoms with van der Waals surface area (Å²) in [6.45, 7) is 6.16. The lowest BCUT2D eigenvalue weighted by Gasteiger charge is -2.49. The minimum atomic E-state index is -1.00. The number of hydrogen-bond donors (Lipinski definition) is 2. The first kappa shape index (κ1) is 13.9. The van der Waals surface area contributed by atoms with Gasteiger partial charge >= 0.3 is 11.9 Å². The van der Waals surface area contributed by atoms with E-state index in [1.807, 2.05) is 6.92 Å². The van der Waals surface area contributed by atoms with Gasteiger partial charge in [0.15, 0.2) is 0 Å². The molecule has 2 N–H and O–H groups in total. The summed E-state index contributed by atoms with van der Waals surface area (Å²) in [6.07, 6.45) is 2.99. The smallest absolute Gasteiger partial charge is 0.312 e. The second-order valence-corrected chi connectivity index (χ2v) is 9.41. The zero-order valence-corrected chi connectivity index (χ0v) is 13.7. The van der Waals surface area contributed by atoms with E-state index < -0.39 is 34.9 Å². The Kier molecular flexibility index (Phi) is 1.92. The number of aliphatic hydroxyl groups is 1. The number of aliphatic hydroxyl groups excluding tert-OH is 1. The van der Waals surface area contributed by atoms with Gasteiger partial charge < -0.3 is 14.9 Å². The lowest BCUT2D eigenvalue weighted by Crippen LogP contribution is -2.59. The van der Waals surface area contributed by atoms with Crippen LogP contribution < -0.4 is 0 Å². The van der Waals surface area contributed by atoms with Crippen LogP contribution in [0.1, 0.15) is 39.0 Å². The van der Waals surface area contributed by atoms with Crippen LogP contribution in [0, 0.1) is 39.9 Å². The molecule has 1 aliphatic heterocycles. The molecule has 6 saturated carbocycles. The molecule has 0 aromatic heterocycles. The van der Waals surface area contributed by atoms with E-state index in [0.29, 0.717) is 18.8 Å². The van der Waals surface area contributed by atoms with Crippen molar-refractivity contribution in [3.8, 4) is 0 Å². The SMILES string of the molecule is C=C1[C@@H]2CCC34[C@H]1C3(C2)[C@@H](C(=O)O)[C@H]1[C@]42OC(=O)[C@]1(C)CC[C@H]2O. The van der Waals surface area contributed by atoms with E-state index in [-0.39, 0.29) is 22.7 Å². The van der Waals surface area contributed by atoms with Gasteiger partial charge in [0.25, 0.3) is 0 Å². The molecule has 9 atom stereocenters. The fraction of sp³-hybridized carbons (Fsp3) is 0.789. The number of rotatable bonds is 1. The zero-order chi connectivity index (χ0) is 16.9. The van der Waals surface area contributed by atoms with Gasteiger partial charge in [-0.05, 0) is 50.9 Å². The van der Waals surface area contributed by atoms with Gasteiger partial charge in [0.2, 0.25) is 0 Å². The molecule has 0 aromatic rings. The van der Waals surface area contributed by atoms with Crippen LogP contribution in [0.25, 0.3) is 0 Å². The van der Waals surface area contributed by atoms with Gasteiger partial charge in [-0.1, -0.05) is 12.2 Å². The molecule has 7 aliphatic rings. The van der Waals surface area contributed by atoms with Crippen molar-refractivity contribution in [1.82, 2.24) is 0 Å². The average Bonchev–Trinajstić information content (AvgIpc) is 2.88. The second-order valence-electron chi connectivity index (χ2n) is 9.41. The molecule has 0 aromatic carbocycles. The summed E-state index contributed by atoms with van der Waals surface area (Å²) in [5.41, 5.74) is -1.34. The molecule has 6 aliphatic carbocycles. The van der Waals surface area contributed by atoms with Crippen molar-refractivity contribution < 1.29 is 24.5 Å². The molecule has 0 amide bonds. The normalized spacial score (nSPS) is 64.5. The Labute approximate surface area is 140 Å². The number of carbonyl (C=O) groups is 2. The summed E-state index contributed by atoms with van der Waals surface area (Å²) >= 11 is 0. The zero-order valence-electron chi connectivity index (χ0n) is 13.7. The third-order valence-electron chi connectivity index (χ3n) is 9.28. The second kappa shape index (κ2) is 3.33. The van der Waals surface area contributed by atoms with Gasteiger partial charge in [-0.25, -0.2) is 0 Å². The highest BCUT2D eigenvalue weighted by molar-refractivity contribution is 5.87. The highest BCUT2D eigenvalue weighted by Gasteiger charge is 3.01.